The summed E-state index contributed by atoms with van der Waals surface area (Å²) in [5, 5.41) is 9.57. The Labute approximate surface area is 284 Å². The number of nitrogens with one attached hydrogen (secondary N) is 3. The van der Waals surface area contributed by atoms with Gasteiger partial charge in [0.05, 0.1) is 6.54 Å². The molecule has 4 aromatic rings. The Hall–Kier alpha value is -4.94. The molecule has 0 spiro atoms. The van der Waals surface area contributed by atoms with Crippen LogP contribution in [0.5, 0.6) is 0 Å². The number of urea groups is 1. The van der Waals surface area contributed by atoms with Gasteiger partial charge in [0.2, 0.25) is 5.91 Å². The van der Waals surface area contributed by atoms with E-state index in [1.807, 2.05) is 54.6 Å². The first-order valence-electron chi connectivity index (χ1n) is 16.8. The highest BCUT2D eigenvalue weighted by atomic mass is 16.2. The minimum atomic E-state index is -0.508. The minimum Gasteiger partial charge on any atom is -0.356 e. The van der Waals surface area contributed by atoms with E-state index >= 15 is 0 Å². The Morgan fingerprint density at radius 3 is 2.23 bits per heavy atom. The molecule has 4 rings (SSSR count). The van der Waals surface area contributed by atoms with Crippen LogP contribution < -0.4 is 21.5 Å². The Balaban J connectivity index is 1.86. The van der Waals surface area contributed by atoms with Crippen molar-refractivity contribution in [3.63, 3.8) is 0 Å². The van der Waals surface area contributed by atoms with Gasteiger partial charge in [0.25, 0.3) is 5.56 Å². The molecule has 0 atom stereocenters. The lowest BCUT2D eigenvalue weighted by molar-refractivity contribution is -0.118. The number of aromatic nitrogens is 2. The fourth-order valence-corrected chi connectivity index (χ4v) is 5.81. The van der Waals surface area contributed by atoms with Crippen molar-refractivity contribution in [1.82, 2.24) is 19.8 Å². The standard InChI is InChI=1S/C39H48N6O3/c1-8-44(9-2)23-13-16-29-15-10-17-30(25-29)34-33-20-12-21-41-37(33)45(24-14-22-40-28(7)46)38(47)36(34)43-39(48)42-35-31(26(3)4)18-11-19-32(35)27(5)6/h10-12,15,17-21,25-27H,8-9,14,22-24H2,1-7H3,(H,40,46)(H2,42,43,48). The molecular weight excluding hydrogens is 600 g/mol. The van der Waals surface area contributed by atoms with Gasteiger partial charge in [-0.2, -0.15) is 0 Å². The van der Waals surface area contributed by atoms with Gasteiger partial charge >= 0.3 is 6.03 Å². The van der Waals surface area contributed by atoms with Crippen LogP contribution >= 0.6 is 0 Å². The van der Waals surface area contributed by atoms with E-state index in [1.165, 1.54) is 6.92 Å². The number of para-hydroxylation sites is 1. The number of rotatable bonds is 12. The molecule has 2 aromatic carbocycles. The maximum atomic E-state index is 14.4. The molecule has 0 saturated carbocycles. The second kappa shape index (κ2) is 16.8. The van der Waals surface area contributed by atoms with E-state index in [0.29, 0.717) is 42.7 Å². The van der Waals surface area contributed by atoms with Crippen molar-refractivity contribution >= 4 is 34.3 Å². The molecular formula is C39H48N6O3. The molecule has 0 aliphatic heterocycles. The minimum absolute atomic E-state index is 0.137. The van der Waals surface area contributed by atoms with E-state index in [-0.39, 0.29) is 29.0 Å². The van der Waals surface area contributed by atoms with Crippen molar-refractivity contribution in [2.24, 2.45) is 0 Å². The van der Waals surface area contributed by atoms with Crippen molar-refractivity contribution in [3.8, 4) is 23.0 Å². The monoisotopic (exact) mass is 648 g/mol. The van der Waals surface area contributed by atoms with Gasteiger partial charge in [-0.25, -0.2) is 9.78 Å². The van der Waals surface area contributed by atoms with Gasteiger partial charge in [-0.05, 0) is 72.3 Å². The number of hydrogen-bond donors (Lipinski definition) is 3. The first kappa shape index (κ1) is 35.9. The summed E-state index contributed by atoms with van der Waals surface area (Å²) in [5.41, 5.74) is 5.18. The van der Waals surface area contributed by atoms with Gasteiger partial charge in [-0.3, -0.25) is 19.1 Å². The quantitative estimate of drug-likeness (QED) is 0.112. The Morgan fingerprint density at radius 2 is 1.58 bits per heavy atom. The largest absolute Gasteiger partial charge is 0.356 e. The molecule has 9 heteroatoms. The van der Waals surface area contributed by atoms with Gasteiger partial charge in [0.1, 0.15) is 11.3 Å². The summed E-state index contributed by atoms with van der Waals surface area (Å²) in [6.07, 6.45) is 2.16. The molecule has 48 heavy (non-hydrogen) atoms. The zero-order valence-corrected chi connectivity index (χ0v) is 29.2. The van der Waals surface area contributed by atoms with Crippen LogP contribution in [-0.2, 0) is 11.3 Å². The van der Waals surface area contributed by atoms with Crippen LogP contribution in [0.4, 0.5) is 16.2 Å². The predicted molar refractivity (Wildman–Crippen MR) is 197 cm³/mol. The first-order chi connectivity index (χ1) is 23.0. The van der Waals surface area contributed by atoms with Gasteiger partial charge < -0.3 is 16.0 Å². The zero-order valence-electron chi connectivity index (χ0n) is 29.2. The summed E-state index contributed by atoms with van der Waals surface area (Å²) in [5.74, 6) is 6.75. The number of fused-ring (bicyclic) bond motifs is 1. The van der Waals surface area contributed by atoms with Crippen molar-refractivity contribution < 1.29 is 9.59 Å². The van der Waals surface area contributed by atoms with Gasteiger partial charge in [0.15, 0.2) is 0 Å². The number of nitrogens with zero attached hydrogens (tertiary/aromatic N) is 3. The van der Waals surface area contributed by atoms with Crippen LogP contribution in [0.2, 0.25) is 0 Å². The molecule has 3 N–H and O–H groups in total. The second-order valence-electron chi connectivity index (χ2n) is 12.5. The molecule has 2 aromatic heterocycles. The third kappa shape index (κ3) is 8.69. The zero-order chi connectivity index (χ0) is 34.8. The van der Waals surface area contributed by atoms with E-state index < -0.39 is 6.03 Å². The summed E-state index contributed by atoms with van der Waals surface area (Å²) in [6, 6.07) is 17.0. The molecule has 3 amide bonds. The molecule has 252 valence electrons. The maximum Gasteiger partial charge on any atom is 0.323 e. The van der Waals surface area contributed by atoms with Crippen LogP contribution in [0.3, 0.4) is 0 Å². The van der Waals surface area contributed by atoms with Crippen LogP contribution in [-0.4, -0.2) is 52.6 Å². The fraction of sp³-hybridized carbons (Fsp3) is 0.385. The van der Waals surface area contributed by atoms with E-state index in [9.17, 15) is 14.4 Å². The average molecular weight is 649 g/mol. The number of benzene rings is 2. The summed E-state index contributed by atoms with van der Waals surface area (Å²) in [6.45, 7) is 17.3. The van der Waals surface area contributed by atoms with Crippen LogP contribution in [0, 0.1) is 11.8 Å². The molecule has 0 bridgehead atoms. The van der Waals surface area contributed by atoms with Gasteiger partial charge in [0, 0.05) is 48.4 Å². The molecule has 0 aliphatic rings. The SMILES string of the molecule is CCN(CC)CC#Cc1cccc(-c2c(NC(=O)Nc3c(C(C)C)cccc3C(C)C)c(=O)n(CCCNC(C)=O)c3ncccc23)c1. The molecule has 9 nitrogen and oxygen atoms in total. The van der Waals surface area contributed by atoms with E-state index in [1.54, 1.807) is 10.8 Å². The highest BCUT2D eigenvalue weighted by Gasteiger charge is 2.23. The normalized spacial score (nSPS) is 11.1. The third-order valence-electron chi connectivity index (χ3n) is 8.38. The number of anilines is 2. The number of carbonyl (C=O) groups is 2. The van der Waals surface area contributed by atoms with Crippen LogP contribution in [0.15, 0.2) is 65.6 Å². The lowest BCUT2D eigenvalue weighted by Gasteiger charge is -2.22. The lowest BCUT2D eigenvalue weighted by atomic mass is 9.93. The lowest BCUT2D eigenvalue weighted by Crippen LogP contribution is -2.31. The van der Waals surface area contributed by atoms with Crippen LogP contribution in [0.1, 0.15) is 83.4 Å². The molecule has 0 aliphatic carbocycles. The fourth-order valence-electron chi connectivity index (χ4n) is 5.81. The highest BCUT2D eigenvalue weighted by Crippen LogP contribution is 2.35. The number of pyridine rings is 2. The molecule has 0 radical (unpaired) electrons. The van der Waals surface area contributed by atoms with Crippen molar-refractivity contribution in [2.75, 3.05) is 36.8 Å². The Bertz CT molecular complexity index is 1850. The van der Waals surface area contributed by atoms with Crippen molar-refractivity contribution in [2.45, 2.75) is 73.3 Å². The van der Waals surface area contributed by atoms with Gasteiger partial charge in [-0.15, -0.1) is 0 Å². The van der Waals surface area contributed by atoms with E-state index in [0.717, 1.165) is 41.0 Å². The Morgan fingerprint density at radius 1 is 0.917 bits per heavy atom. The van der Waals surface area contributed by atoms with Gasteiger partial charge in [-0.1, -0.05) is 83.7 Å². The first-order valence-corrected chi connectivity index (χ1v) is 16.8. The number of aryl methyl sites for hydroxylation is 1. The van der Waals surface area contributed by atoms with Crippen molar-refractivity contribution in [1.29, 1.82) is 0 Å². The highest BCUT2D eigenvalue weighted by molar-refractivity contribution is 6.07. The number of carbonyl (C=O) groups excluding carboxylic acids is 2. The molecule has 0 unspecified atom stereocenters. The average Bonchev–Trinajstić information content (AvgIpc) is 3.06. The predicted octanol–water partition coefficient (Wildman–Crippen LogP) is 7.17. The number of hydrogen-bond acceptors (Lipinski definition) is 5. The Kier molecular flexibility index (Phi) is 12.5. The van der Waals surface area contributed by atoms with Crippen molar-refractivity contribution in [3.05, 3.63) is 87.8 Å². The van der Waals surface area contributed by atoms with Crippen LogP contribution in [0.25, 0.3) is 22.2 Å². The summed E-state index contributed by atoms with van der Waals surface area (Å²) >= 11 is 0. The number of amides is 3. The topological polar surface area (TPSA) is 108 Å². The molecule has 2 heterocycles. The second-order valence-corrected chi connectivity index (χ2v) is 12.5. The third-order valence-corrected chi connectivity index (χ3v) is 8.38. The summed E-state index contributed by atoms with van der Waals surface area (Å²) in [4.78, 5) is 46.7. The summed E-state index contributed by atoms with van der Waals surface area (Å²) in [7, 11) is 0. The molecule has 0 fully saturated rings. The summed E-state index contributed by atoms with van der Waals surface area (Å²) < 4.78 is 1.58. The van der Waals surface area contributed by atoms with E-state index in [2.05, 4.69) is 79.2 Å². The van der Waals surface area contributed by atoms with E-state index in [4.69, 9.17) is 0 Å². The smallest absolute Gasteiger partial charge is 0.323 e. The maximum absolute atomic E-state index is 14.4. The molecule has 0 saturated heterocycles.